The van der Waals surface area contributed by atoms with Gasteiger partial charge in [-0.05, 0) is 38.1 Å². The average Bonchev–Trinajstić information content (AvgIpc) is 2.92. The molecule has 0 radical (unpaired) electrons. The normalized spacial score (nSPS) is 30.9. The number of nitrogens with zero attached hydrogens (tertiary/aromatic N) is 1. The SMILES string of the molecule is COCC(C1CC1)N1CCCC1CN. The summed E-state index contributed by atoms with van der Waals surface area (Å²) in [5.74, 6) is 0.891. The van der Waals surface area contributed by atoms with E-state index in [1.54, 1.807) is 0 Å². The van der Waals surface area contributed by atoms with E-state index in [1.807, 2.05) is 7.11 Å². The molecule has 0 spiro atoms. The highest BCUT2D eigenvalue weighted by Gasteiger charge is 2.39. The van der Waals surface area contributed by atoms with Crippen LogP contribution < -0.4 is 5.73 Å². The summed E-state index contributed by atoms with van der Waals surface area (Å²) in [7, 11) is 1.81. The molecule has 2 rings (SSSR count). The molecule has 3 nitrogen and oxygen atoms in total. The van der Waals surface area contributed by atoms with Gasteiger partial charge in [0.05, 0.1) is 6.61 Å². The van der Waals surface area contributed by atoms with Crippen LogP contribution in [0.1, 0.15) is 25.7 Å². The topological polar surface area (TPSA) is 38.5 Å². The molecule has 0 aromatic heterocycles. The molecule has 0 amide bonds. The highest BCUT2D eigenvalue weighted by Crippen LogP contribution is 2.37. The van der Waals surface area contributed by atoms with Crippen molar-refractivity contribution < 1.29 is 4.74 Å². The molecule has 1 heterocycles. The number of hydrogen-bond donors (Lipinski definition) is 1. The summed E-state index contributed by atoms with van der Waals surface area (Å²) in [6, 6.07) is 1.27. The number of nitrogens with two attached hydrogens (primary N) is 1. The highest BCUT2D eigenvalue weighted by molar-refractivity contribution is 4.93. The van der Waals surface area contributed by atoms with E-state index in [9.17, 15) is 0 Å². The van der Waals surface area contributed by atoms with Crippen LogP contribution in [0.3, 0.4) is 0 Å². The number of likely N-dealkylation sites (tertiary alicyclic amines) is 1. The van der Waals surface area contributed by atoms with Crippen LogP contribution in [0.25, 0.3) is 0 Å². The molecular formula is C11H22N2O. The van der Waals surface area contributed by atoms with Gasteiger partial charge in [-0.1, -0.05) is 0 Å². The van der Waals surface area contributed by atoms with Crippen LogP contribution >= 0.6 is 0 Å². The number of ether oxygens (including phenoxy) is 1. The average molecular weight is 198 g/mol. The zero-order valence-corrected chi connectivity index (χ0v) is 9.11. The van der Waals surface area contributed by atoms with E-state index in [4.69, 9.17) is 10.5 Å². The molecule has 82 valence electrons. The van der Waals surface area contributed by atoms with Crippen molar-refractivity contribution in [2.75, 3.05) is 26.8 Å². The van der Waals surface area contributed by atoms with E-state index in [0.717, 1.165) is 19.1 Å². The van der Waals surface area contributed by atoms with Gasteiger partial charge in [0, 0.05) is 25.7 Å². The Morgan fingerprint density at radius 2 is 2.21 bits per heavy atom. The molecule has 2 atom stereocenters. The van der Waals surface area contributed by atoms with Crippen LogP contribution in [0.2, 0.25) is 0 Å². The molecule has 1 aliphatic heterocycles. The van der Waals surface area contributed by atoms with Crippen molar-refractivity contribution >= 4 is 0 Å². The van der Waals surface area contributed by atoms with Crippen LogP contribution in [-0.2, 0) is 4.74 Å². The van der Waals surface area contributed by atoms with Crippen LogP contribution in [0.15, 0.2) is 0 Å². The van der Waals surface area contributed by atoms with Gasteiger partial charge in [0.2, 0.25) is 0 Å². The summed E-state index contributed by atoms with van der Waals surface area (Å²) >= 11 is 0. The summed E-state index contributed by atoms with van der Waals surface area (Å²) in [4.78, 5) is 2.60. The van der Waals surface area contributed by atoms with Gasteiger partial charge in [0.1, 0.15) is 0 Å². The summed E-state index contributed by atoms with van der Waals surface area (Å²) in [6.45, 7) is 2.93. The molecule has 0 aromatic carbocycles. The first kappa shape index (κ1) is 10.4. The van der Waals surface area contributed by atoms with E-state index >= 15 is 0 Å². The van der Waals surface area contributed by atoms with Gasteiger partial charge in [-0.3, -0.25) is 4.90 Å². The molecular weight excluding hydrogens is 176 g/mol. The lowest BCUT2D eigenvalue weighted by Gasteiger charge is -2.32. The van der Waals surface area contributed by atoms with Gasteiger partial charge >= 0.3 is 0 Å². The van der Waals surface area contributed by atoms with Crippen molar-refractivity contribution in [2.45, 2.75) is 37.8 Å². The van der Waals surface area contributed by atoms with Crippen molar-refractivity contribution in [1.29, 1.82) is 0 Å². The lowest BCUT2D eigenvalue weighted by atomic mass is 10.1. The van der Waals surface area contributed by atoms with Gasteiger partial charge in [-0.25, -0.2) is 0 Å². The summed E-state index contributed by atoms with van der Waals surface area (Å²) in [5, 5.41) is 0. The maximum atomic E-state index is 5.80. The Morgan fingerprint density at radius 3 is 2.79 bits per heavy atom. The molecule has 0 aromatic rings. The lowest BCUT2D eigenvalue weighted by molar-refractivity contribution is 0.0714. The standard InChI is InChI=1S/C11H22N2O/c1-14-8-11(9-4-5-9)13-6-2-3-10(13)7-12/h9-11H,2-8,12H2,1H3. The molecule has 1 saturated heterocycles. The highest BCUT2D eigenvalue weighted by atomic mass is 16.5. The Balaban J connectivity index is 1.94. The second-order valence-corrected chi connectivity index (χ2v) is 4.63. The zero-order valence-electron chi connectivity index (χ0n) is 9.11. The lowest BCUT2D eigenvalue weighted by Crippen LogP contribution is -2.46. The molecule has 3 heteroatoms. The number of rotatable bonds is 5. The minimum Gasteiger partial charge on any atom is -0.383 e. The van der Waals surface area contributed by atoms with Crippen molar-refractivity contribution in [3.8, 4) is 0 Å². The van der Waals surface area contributed by atoms with Crippen molar-refractivity contribution in [1.82, 2.24) is 4.90 Å². The van der Waals surface area contributed by atoms with Crippen molar-refractivity contribution in [3.05, 3.63) is 0 Å². The fourth-order valence-corrected chi connectivity index (χ4v) is 2.70. The molecule has 2 fully saturated rings. The number of hydrogen-bond acceptors (Lipinski definition) is 3. The molecule has 1 aliphatic carbocycles. The first-order valence-corrected chi connectivity index (χ1v) is 5.81. The van der Waals surface area contributed by atoms with E-state index < -0.39 is 0 Å². The monoisotopic (exact) mass is 198 g/mol. The Bertz CT molecular complexity index is 182. The fourth-order valence-electron chi connectivity index (χ4n) is 2.70. The maximum Gasteiger partial charge on any atom is 0.0620 e. The minimum atomic E-state index is 0.621. The van der Waals surface area contributed by atoms with Crippen molar-refractivity contribution in [2.24, 2.45) is 11.7 Å². The molecule has 2 aliphatic rings. The number of methoxy groups -OCH3 is 1. The minimum absolute atomic E-state index is 0.621. The third kappa shape index (κ3) is 2.10. The van der Waals surface area contributed by atoms with Crippen LogP contribution in [-0.4, -0.2) is 43.8 Å². The van der Waals surface area contributed by atoms with Crippen LogP contribution in [0.4, 0.5) is 0 Å². The third-order valence-electron chi connectivity index (χ3n) is 3.62. The Labute approximate surface area is 86.6 Å². The van der Waals surface area contributed by atoms with E-state index in [-0.39, 0.29) is 0 Å². The van der Waals surface area contributed by atoms with Crippen LogP contribution in [0, 0.1) is 5.92 Å². The smallest absolute Gasteiger partial charge is 0.0620 e. The van der Waals surface area contributed by atoms with Gasteiger partial charge in [0.25, 0.3) is 0 Å². The second kappa shape index (κ2) is 4.60. The zero-order chi connectivity index (χ0) is 9.97. The first-order valence-electron chi connectivity index (χ1n) is 5.81. The largest absolute Gasteiger partial charge is 0.383 e. The first-order chi connectivity index (χ1) is 6.86. The Hall–Kier alpha value is -0.120. The van der Waals surface area contributed by atoms with Gasteiger partial charge < -0.3 is 10.5 Å². The van der Waals surface area contributed by atoms with Crippen molar-refractivity contribution in [3.63, 3.8) is 0 Å². The summed E-state index contributed by atoms with van der Waals surface area (Å²) < 4.78 is 5.33. The summed E-state index contributed by atoms with van der Waals surface area (Å²) in [6.07, 6.45) is 5.38. The predicted molar refractivity (Wildman–Crippen MR) is 57.2 cm³/mol. The molecule has 1 saturated carbocycles. The van der Waals surface area contributed by atoms with Gasteiger partial charge in [-0.2, -0.15) is 0 Å². The molecule has 2 N–H and O–H groups in total. The Kier molecular flexibility index (Phi) is 3.42. The van der Waals surface area contributed by atoms with E-state index in [0.29, 0.717) is 12.1 Å². The van der Waals surface area contributed by atoms with Gasteiger partial charge in [0.15, 0.2) is 0 Å². The molecule has 14 heavy (non-hydrogen) atoms. The Morgan fingerprint density at radius 1 is 1.43 bits per heavy atom. The quantitative estimate of drug-likeness (QED) is 0.711. The van der Waals surface area contributed by atoms with Gasteiger partial charge in [-0.15, -0.1) is 0 Å². The maximum absolute atomic E-state index is 5.80. The molecule has 0 bridgehead atoms. The van der Waals surface area contributed by atoms with E-state index in [1.165, 1.54) is 32.2 Å². The van der Waals surface area contributed by atoms with Crippen LogP contribution in [0.5, 0.6) is 0 Å². The fraction of sp³-hybridized carbons (Fsp3) is 1.00. The second-order valence-electron chi connectivity index (χ2n) is 4.63. The van der Waals surface area contributed by atoms with E-state index in [2.05, 4.69) is 4.90 Å². The molecule has 2 unspecified atom stereocenters. The summed E-state index contributed by atoms with van der Waals surface area (Å²) in [5.41, 5.74) is 5.80. The predicted octanol–water partition coefficient (Wildman–Crippen LogP) is 0.835. The third-order valence-corrected chi connectivity index (χ3v) is 3.62.